The Balaban J connectivity index is 1.53. The highest BCUT2D eigenvalue weighted by atomic mass is 19.4. The van der Waals surface area contributed by atoms with Crippen molar-refractivity contribution in [2.45, 2.75) is 33.0 Å². The number of anilines is 1. The number of alkyl halides is 3. The molecule has 1 amide bonds. The zero-order valence-corrected chi connectivity index (χ0v) is 18.6. The minimum atomic E-state index is -4.45. The monoisotopic (exact) mass is 467 g/mol. The number of aryl methyl sites for hydroxylation is 2. The van der Waals surface area contributed by atoms with Crippen LogP contribution in [0.15, 0.2) is 53.4 Å². The van der Waals surface area contributed by atoms with Gasteiger partial charge in [0.15, 0.2) is 5.76 Å². The molecule has 174 valence electrons. The predicted octanol–water partition coefficient (Wildman–Crippen LogP) is 5.46. The van der Waals surface area contributed by atoms with Crippen molar-refractivity contribution in [3.63, 3.8) is 0 Å². The second-order valence-corrected chi connectivity index (χ2v) is 8.38. The molecule has 34 heavy (non-hydrogen) atoms. The Hall–Kier alpha value is -3.95. The van der Waals surface area contributed by atoms with Gasteiger partial charge in [0.25, 0.3) is 5.91 Å². The first kappa shape index (κ1) is 21.9. The Morgan fingerprint density at radius 1 is 1.06 bits per heavy atom. The minimum Gasteiger partial charge on any atom is -0.356 e. The van der Waals surface area contributed by atoms with Crippen LogP contribution in [0, 0.1) is 13.8 Å². The van der Waals surface area contributed by atoms with E-state index in [1.54, 1.807) is 29.3 Å². The van der Waals surface area contributed by atoms with E-state index in [-0.39, 0.29) is 24.1 Å². The molecule has 0 spiro atoms. The average molecular weight is 467 g/mol. The summed E-state index contributed by atoms with van der Waals surface area (Å²) in [6.45, 7) is 5.48. The Labute approximate surface area is 192 Å². The number of carbonyl (C=O) groups excluding carboxylic acids is 1. The number of pyridine rings is 1. The van der Waals surface area contributed by atoms with Crippen LogP contribution < -0.4 is 4.90 Å². The summed E-state index contributed by atoms with van der Waals surface area (Å²) in [4.78, 5) is 19.1. The molecule has 0 fully saturated rings. The first-order valence-electron chi connectivity index (χ1n) is 10.6. The first-order chi connectivity index (χ1) is 16.1. The molecular formula is C24H20F3N5O2. The summed E-state index contributed by atoms with van der Waals surface area (Å²) in [5.74, 6) is -0.00855. The van der Waals surface area contributed by atoms with Gasteiger partial charge >= 0.3 is 6.18 Å². The lowest BCUT2D eigenvalue weighted by Crippen LogP contribution is -2.42. The van der Waals surface area contributed by atoms with Gasteiger partial charge in [-0.25, -0.2) is 0 Å². The van der Waals surface area contributed by atoms with Crippen LogP contribution in [0.2, 0.25) is 0 Å². The van der Waals surface area contributed by atoms with E-state index in [2.05, 4.69) is 15.2 Å². The normalized spacial score (nSPS) is 16.1. The predicted molar refractivity (Wildman–Crippen MR) is 118 cm³/mol. The molecule has 0 aliphatic carbocycles. The van der Waals surface area contributed by atoms with E-state index in [0.29, 0.717) is 28.4 Å². The lowest BCUT2D eigenvalue weighted by atomic mass is 10.0. The fraction of sp³-hybridized carbons (Fsp3) is 0.250. The second kappa shape index (κ2) is 7.82. The van der Waals surface area contributed by atoms with Crippen molar-refractivity contribution < 1.29 is 22.5 Å². The summed E-state index contributed by atoms with van der Waals surface area (Å²) in [7, 11) is 0. The highest BCUT2D eigenvalue weighted by Crippen LogP contribution is 2.37. The number of amides is 1. The van der Waals surface area contributed by atoms with Crippen LogP contribution in [0.25, 0.3) is 22.6 Å². The van der Waals surface area contributed by atoms with Gasteiger partial charge in [-0.15, -0.1) is 0 Å². The summed E-state index contributed by atoms with van der Waals surface area (Å²) in [6.07, 6.45) is 0.466. The number of rotatable bonds is 3. The topological polar surface area (TPSA) is 77.0 Å². The van der Waals surface area contributed by atoms with Crippen molar-refractivity contribution in [1.82, 2.24) is 19.9 Å². The summed E-state index contributed by atoms with van der Waals surface area (Å²) >= 11 is 0. The van der Waals surface area contributed by atoms with Crippen molar-refractivity contribution in [1.29, 1.82) is 0 Å². The van der Waals surface area contributed by atoms with Crippen molar-refractivity contribution in [3.05, 3.63) is 71.3 Å². The molecule has 0 unspecified atom stereocenters. The maximum Gasteiger partial charge on any atom is 0.416 e. The van der Waals surface area contributed by atoms with Crippen LogP contribution in [-0.4, -0.2) is 32.4 Å². The molecule has 4 aromatic rings. The molecule has 7 nitrogen and oxygen atoms in total. The van der Waals surface area contributed by atoms with Crippen molar-refractivity contribution in [2.24, 2.45) is 0 Å². The molecule has 1 aliphatic rings. The highest BCUT2D eigenvalue weighted by molar-refractivity contribution is 6.09. The van der Waals surface area contributed by atoms with Crippen LogP contribution in [0.1, 0.15) is 40.1 Å². The standard InChI is InChI=1S/C24H20F3N5O2/c1-13-6-7-28-10-17(13)20-9-21(34-30-20)18-11-29-32-15(3)12-31(23(33)22(18)32)16-4-5-19(14(2)8-16)24(25,26)27/h4-11,15H,12H2,1-3H3/t15-/m0/s1. The quantitative estimate of drug-likeness (QED) is 0.400. The zero-order valence-electron chi connectivity index (χ0n) is 18.6. The van der Waals surface area contributed by atoms with Gasteiger partial charge in [-0.1, -0.05) is 5.16 Å². The van der Waals surface area contributed by atoms with Crippen LogP contribution >= 0.6 is 0 Å². The number of aromatic nitrogens is 4. The molecular weight excluding hydrogens is 447 g/mol. The smallest absolute Gasteiger partial charge is 0.356 e. The third-order valence-electron chi connectivity index (χ3n) is 6.03. The average Bonchev–Trinajstić information content (AvgIpc) is 3.43. The second-order valence-electron chi connectivity index (χ2n) is 8.38. The maximum absolute atomic E-state index is 13.5. The van der Waals surface area contributed by atoms with Crippen LogP contribution in [0.5, 0.6) is 0 Å². The maximum atomic E-state index is 13.5. The largest absolute Gasteiger partial charge is 0.416 e. The van der Waals surface area contributed by atoms with E-state index in [0.717, 1.165) is 17.2 Å². The van der Waals surface area contributed by atoms with E-state index in [4.69, 9.17) is 4.52 Å². The van der Waals surface area contributed by atoms with Gasteiger partial charge in [0.1, 0.15) is 11.4 Å². The van der Waals surface area contributed by atoms with Gasteiger partial charge in [-0.05, 0) is 56.2 Å². The molecule has 0 saturated heterocycles. The highest BCUT2D eigenvalue weighted by Gasteiger charge is 2.36. The van der Waals surface area contributed by atoms with Crippen molar-refractivity contribution in [2.75, 3.05) is 11.4 Å². The number of fused-ring (bicyclic) bond motifs is 1. The van der Waals surface area contributed by atoms with Gasteiger partial charge in [0, 0.05) is 36.3 Å². The number of carbonyl (C=O) groups is 1. The first-order valence-corrected chi connectivity index (χ1v) is 10.6. The Morgan fingerprint density at radius 3 is 2.56 bits per heavy atom. The van der Waals surface area contributed by atoms with Gasteiger partial charge in [-0.2, -0.15) is 18.3 Å². The van der Waals surface area contributed by atoms with E-state index < -0.39 is 11.7 Å². The number of hydrogen-bond acceptors (Lipinski definition) is 5. The Bertz CT molecular complexity index is 1410. The molecule has 0 radical (unpaired) electrons. The molecule has 10 heteroatoms. The Morgan fingerprint density at radius 2 is 1.85 bits per heavy atom. The summed E-state index contributed by atoms with van der Waals surface area (Å²) in [6, 6.07) is 7.10. The van der Waals surface area contributed by atoms with Gasteiger partial charge < -0.3 is 9.42 Å². The van der Waals surface area contributed by atoms with Gasteiger partial charge in [0.2, 0.25) is 0 Å². The molecule has 1 atom stereocenters. The summed E-state index contributed by atoms with van der Waals surface area (Å²) in [5, 5.41) is 8.51. The van der Waals surface area contributed by atoms with Crippen molar-refractivity contribution >= 4 is 11.6 Å². The van der Waals surface area contributed by atoms with Crippen LogP contribution in [0.4, 0.5) is 18.9 Å². The fourth-order valence-electron chi connectivity index (χ4n) is 4.26. The molecule has 3 aromatic heterocycles. The molecule has 0 N–H and O–H groups in total. The molecule has 1 aromatic carbocycles. The zero-order chi connectivity index (χ0) is 24.2. The van der Waals surface area contributed by atoms with Gasteiger partial charge in [0.05, 0.1) is 23.4 Å². The van der Waals surface area contributed by atoms with E-state index >= 15 is 0 Å². The lowest BCUT2D eigenvalue weighted by molar-refractivity contribution is -0.138. The van der Waals surface area contributed by atoms with E-state index in [9.17, 15) is 18.0 Å². The third kappa shape index (κ3) is 3.55. The lowest BCUT2D eigenvalue weighted by Gasteiger charge is -2.32. The molecule has 1 aliphatic heterocycles. The fourth-order valence-corrected chi connectivity index (χ4v) is 4.26. The molecule has 4 heterocycles. The SMILES string of the molecule is Cc1ccncc1-c1cc(-c2cnn3c2C(=O)N(c2ccc(C(F)(F)F)c(C)c2)C[C@@H]3C)on1. The Kier molecular flexibility index (Phi) is 5.03. The number of halogens is 3. The number of hydrogen-bond donors (Lipinski definition) is 0. The number of nitrogens with zero attached hydrogens (tertiary/aromatic N) is 5. The molecule has 5 rings (SSSR count). The molecule has 0 bridgehead atoms. The molecule has 0 saturated carbocycles. The third-order valence-corrected chi connectivity index (χ3v) is 6.03. The van der Waals surface area contributed by atoms with E-state index in [1.807, 2.05) is 19.9 Å². The minimum absolute atomic E-state index is 0.0523. The summed E-state index contributed by atoms with van der Waals surface area (Å²) < 4.78 is 46.8. The summed E-state index contributed by atoms with van der Waals surface area (Å²) in [5.41, 5.74) is 2.83. The van der Waals surface area contributed by atoms with E-state index in [1.165, 1.54) is 24.0 Å². The van der Waals surface area contributed by atoms with Crippen LogP contribution in [-0.2, 0) is 6.18 Å². The van der Waals surface area contributed by atoms with Crippen LogP contribution in [0.3, 0.4) is 0 Å². The number of benzene rings is 1. The van der Waals surface area contributed by atoms with Crippen molar-refractivity contribution in [3.8, 4) is 22.6 Å². The van der Waals surface area contributed by atoms with Gasteiger partial charge in [-0.3, -0.25) is 14.5 Å².